The zero-order chi connectivity index (χ0) is 22.2. The number of carbonyl (C=O) groups is 1. The standard InChI is InChI=1S/C23H24F2N2O3S/c1-31(29,30)18-7-4-16(5-8-18)19(10-14-11-20(24)21(25)12-14)23(28)27-22-9-6-17(13-26-22)15-2-3-15/h4-10,13-15,20-21H,2-3,11-12H2,1H3,(H,26,27,28)/b19-10+/t14-,20+,21-. The number of hydrogen-bond acceptors (Lipinski definition) is 4. The summed E-state index contributed by atoms with van der Waals surface area (Å²) in [6.07, 6.45) is 3.65. The van der Waals surface area contributed by atoms with E-state index in [1.165, 1.54) is 24.3 Å². The molecule has 0 spiro atoms. The lowest BCUT2D eigenvalue weighted by atomic mass is 9.98. The maximum atomic E-state index is 13.7. The van der Waals surface area contributed by atoms with Crippen molar-refractivity contribution >= 4 is 27.1 Å². The number of rotatable bonds is 6. The lowest BCUT2D eigenvalue weighted by molar-refractivity contribution is -0.111. The fourth-order valence-corrected chi connectivity index (χ4v) is 4.48. The maximum Gasteiger partial charge on any atom is 0.257 e. The Labute approximate surface area is 180 Å². The first-order chi connectivity index (χ1) is 14.7. The number of amides is 1. The van der Waals surface area contributed by atoms with Gasteiger partial charge in [-0.25, -0.2) is 22.2 Å². The van der Waals surface area contributed by atoms with Crippen molar-refractivity contribution in [2.45, 2.75) is 48.8 Å². The van der Waals surface area contributed by atoms with Gasteiger partial charge in [0.05, 0.1) is 4.90 Å². The number of nitrogens with one attached hydrogen (secondary N) is 1. The predicted molar refractivity (Wildman–Crippen MR) is 115 cm³/mol. The molecule has 2 aliphatic rings. The first-order valence-electron chi connectivity index (χ1n) is 10.3. The Morgan fingerprint density at radius 3 is 2.23 bits per heavy atom. The van der Waals surface area contributed by atoms with E-state index in [1.54, 1.807) is 18.3 Å². The Balaban J connectivity index is 1.60. The summed E-state index contributed by atoms with van der Waals surface area (Å²) in [5.74, 6) is 0.0407. The molecule has 0 saturated heterocycles. The molecule has 0 aliphatic heterocycles. The average Bonchev–Trinajstić information content (AvgIpc) is 3.52. The van der Waals surface area contributed by atoms with Gasteiger partial charge in [0.1, 0.15) is 18.2 Å². The van der Waals surface area contributed by atoms with E-state index in [4.69, 9.17) is 0 Å². The van der Waals surface area contributed by atoms with E-state index in [0.29, 0.717) is 17.3 Å². The van der Waals surface area contributed by atoms with Crippen LogP contribution in [0.3, 0.4) is 0 Å². The summed E-state index contributed by atoms with van der Waals surface area (Å²) in [6, 6.07) is 9.56. The monoisotopic (exact) mass is 446 g/mol. The van der Waals surface area contributed by atoms with Gasteiger partial charge < -0.3 is 5.32 Å². The van der Waals surface area contributed by atoms with Crippen molar-refractivity contribution in [1.29, 1.82) is 0 Å². The Morgan fingerprint density at radius 1 is 1.06 bits per heavy atom. The molecule has 2 fully saturated rings. The van der Waals surface area contributed by atoms with Crippen LogP contribution in [0.25, 0.3) is 5.57 Å². The lowest BCUT2D eigenvalue weighted by Crippen LogP contribution is -2.16. The molecule has 0 unspecified atom stereocenters. The number of anilines is 1. The Kier molecular flexibility index (Phi) is 5.92. The van der Waals surface area contributed by atoms with Crippen molar-refractivity contribution in [3.63, 3.8) is 0 Å². The SMILES string of the molecule is CS(=O)(=O)c1ccc(/C(=C\[C@H]2C[C@@H](F)[C@@H](F)C2)C(=O)Nc2ccc(C3CC3)cn2)cc1. The van der Waals surface area contributed by atoms with Gasteiger partial charge in [0.2, 0.25) is 0 Å². The Bertz CT molecular complexity index is 1080. The second-order valence-corrected chi connectivity index (χ2v) is 10.4. The molecule has 0 bridgehead atoms. The van der Waals surface area contributed by atoms with Gasteiger partial charge in [-0.2, -0.15) is 0 Å². The highest BCUT2D eigenvalue weighted by atomic mass is 32.2. The smallest absolute Gasteiger partial charge is 0.257 e. The minimum absolute atomic E-state index is 0.00764. The number of hydrogen-bond donors (Lipinski definition) is 1. The number of carbonyl (C=O) groups excluding carboxylic acids is 1. The second-order valence-electron chi connectivity index (χ2n) is 8.35. The average molecular weight is 447 g/mol. The molecule has 1 N–H and O–H groups in total. The Hall–Kier alpha value is -2.61. The summed E-state index contributed by atoms with van der Waals surface area (Å²) >= 11 is 0. The molecule has 2 saturated carbocycles. The van der Waals surface area contributed by atoms with Crippen molar-refractivity contribution in [1.82, 2.24) is 4.98 Å². The zero-order valence-electron chi connectivity index (χ0n) is 17.1. The van der Waals surface area contributed by atoms with Gasteiger partial charge in [0.15, 0.2) is 9.84 Å². The van der Waals surface area contributed by atoms with Crippen LogP contribution in [0.1, 0.15) is 42.7 Å². The topological polar surface area (TPSA) is 76.1 Å². The molecule has 0 radical (unpaired) electrons. The van der Waals surface area contributed by atoms with Crippen molar-refractivity contribution in [3.8, 4) is 0 Å². The minimum Gasteiger partial charge on any atom is -0.307 e. The van der Waals surface area contributed by atoms with Crippen molar-refractivity contribution in [2.75, 3.05) is 11.6 Å². The largest absolute Gasteiger partial charge is 0.307 e. The molecular formula is C23H24F2N2O3S. The van der Waals surface area contributed by atoms with E-state index in [0.717, 1.165) is 24.7 Å². The second kappa shape index (κ2) is 8.49. The van der Waals surface area contributed by atoms with Gasteiger partial charge in [0, 0.05) is 18.0 Å². The number of allylic oxidation sites excluding steroid dienone is 1. The highest BCUT2D eigenvalue weighted by Crippen LogP contribution is 2.40. The molecule has 2 aromatic rings. The van der Waals surface area contributed by atoms with E-state index < -0.39 is 34.0 Å². The van der Waals surface area contributed by atoms with Gasteiger partial charge in [-0.3, -0.25) is 4.79 Å². The minimum atomic E-state index is -3.39. The van der Waals surface area contributed by atoms with Crippen LogP contribution >= 0.6 is 0 Å². The number of aromatic nitrogens is 1. The van der Waals surface area contributed by atoms with E-state index in [2.05, 4.69) is 10.3 Å². The summed E-state index contributed by atoms with van der Waals surface area (Å²) in [6.45, 7) is 0. The molecule has 2 aliphatic carbocycles. The third kappa shape index (κ3) is 5.18. The van der Waals surface area contributed by atoms with Gasteiger partial charge >= 0.3 is 0 Å². The molecule has 1 aromatic carbocycles. The van der Waals surface area contributed by atoms with E-state index in [9.17, 15) is 22.0 Å². The first kappa shape index (κ1) is 21.6. The van der Waals surface area contributed by atoms with Crippen LogP contribution in [-0.4, -0.2) is 37.9 Å². The summed E-state index contributed by atoms with van der Waals surface area (Å²) in [5.41, 5.74) is 1.84. The zero-order valence-corrected chi connectivity index (χ0v) is 17.9. The molecule has 5 nitrogen and oxygen atoms in total. The van der Waals surface area contributed by atoms with Crippen LogP contribution in [0.4, 0.5) is 14.6 Å². The summed E-state index contributed by atoms with van der Waals surface area (Å²) < 4.78 is 50.8. The summed E-state index contributed by atoms with van der Waals surface area (Å²) in [7, 11) is -3.39. The highest BCUT2D eigenvalue weighted by molar-refractivity contribution is 7.90. The highest BCUT2D eigenvalue weighted by Gasteiger charge is 2.34. The number of nitrogens with zero attached hydrogens (tertiary/aromatic N) is 1. The summed E-state index contributed by atoms with van der Waals surface area (Å²) in [4.78, 5) is 17.5. The molecule has 3 atom stereocenters. The van der Waals surface area contributed by atoms with Gasteiger partial charge in [0.25, 0.3) is 5.91 Å². The predicted octanol–water partition coefficient (Wildman–Crippen LogP) is 4.47. The van der Waals surface area contributed by atoms with Crippen molar-refractivity contribution < 1.29 is 22.0 Å². The van der Waals surface area contributed by atoms with E-state index >= 15 is 0 Å². The molecule has 31 heavy (non-hydrogen) atoms. The number of benzene rings is 1. The molecular weight excluding hydrogens is 422 g/mol. The van der Waals surface area contributed by atoms with Crippen LogP contribution in [-0.2, 0) is 14.6 Å². The van der Waals surface area contributed by atoms with E-state index in [1.807, 2.05) is 6.07 Å². The third-order valence-corrected chi connectivity index (χ3v) is 6.89. The van der Waals surface area contributed by atoms with Crippen LogP contribution < -0.4 is 5.32 Å². The molecule has 4 rings (SSSR count). The van der Waals surface area contributed by atoms with Crippen LogP contribution in [0, 0.1) is 5.92 Å². The number of pyridine rings is 1. The van der Waals surface area contributed by atoms with Gasteiger partial charge in [-0.15, -0.1) is 0 Å². The number of alkyl halides is 2. The van der Waals surface area contributed by atoms with Crippen molar-refractivity contribution in [3.05, 3.63) is 59.8 Å². The lowest BCUT2D eigenvalue weighted by Gasteiger charge is -2.12. The molecule has 1 aromatic heterocycles. The van der Waals surface area contributed by atoms with Gasteiger partial charge in [-0.1, -0.05) is 24.3 Å². The summed E-state index contributed by atoms with van der Waals surface area (Å²) in [5, 5.41) is 2.74. The number of halogens is 2. The Morgan fingerprint density at radius 2 is 1.71 bits per heavy atom. The van der Waals surface area contributed by atoms with Crippen LogP contribution in [0.5, 0.6) is 0 Å². The fraction of sp³-hybridized carbons (Fsp3) is 0.391. The molecule has 164 valence electrons. The number of sulfone groups is 1. The van der Waals surface area contributed by atoms with E-state index in [-0.39, 0.29) is 23.3 Å². The van der Waals surface area contributed by atoms with Crippen LogP contribution in [0.15, 0.2) is 53.6 Å². The van der Waals surface area contributed by atoms with Crippen LogP contribution in [0.2, 0.25) is 0 Å². The fourth-order valence-electron chi connectivity index (χ4n) is 3.85. The maximum absolute atomic E-state index is 13.7. The third-order valence-electron chi connectivity index (χ3n) is 5.77. The molecule has 1 amide bonds. The first-order valence-corrected chi connectivity index (χ1v) is 12.2. The van der Waals surface area contributed by atoms with Gasteiger partial charge in [-0.05, 0) is 66.8 Å². The molecule has 1 heterocycles. The quantitative estimate of drug-likeness (QED) is 0.665. The molecule has 8 heteroatoms. The normalized spacial score (nSPS) is 24.2. The van der Waals surface area contributed by atoms with Crippen molar-refractivity contribution in [2.24, 2.45) is 5.92 Å².